The zero-order valence-electron chi connectivity index (χ0n) is 16.0. The maximum atomic E-state index is 13.2. The van der Waals surface area contributed by atoms with Gasteiger partial charge in [-0.3, -0.25) is 5.32 Å². The summed E-state index contributed by atoms with van der Waals surface area (Å²) in [5.41, 5.74) is -5.23. The second kappa shape index (κ2) is 8.38. The number of rotatable bonds is 4. The monoisotopic (exact) mass is 453 g/mol. The van der Waals surface area contributed by atoms with E-state index in [1.807, 2.05) is 0 Å². The maximum Gasteiger partial charge on any atom is 0.416 e. The van der Waals surface area contributed by atoms with Gasteiger partial charge in [-0.2, -0.15) is 26.3 Å². The van der Waals surface area contributed by atoms with Gasteiger partial charge in [-0.1, -0.05) is 12.1 Å². The first-order valence-electron chi connectivity index (χ1n) is 9.10. The lowest BCUT2D eigenvalue weighted by Gasteiger charge is -2.41. The predicted molar refractivity (Wildman–Crippen MR) is 94.0 cm³/mol. The molecular formula is C20H18F7NO3. The van der Waals surface area contributed by atoms with Crippen LogP contribution in [0.4, 0.5) is 30.7 Å². The largest absolute Gasteiger partial charge is 0.416 e. The molecule has 2 aromatic rings. The van der Waals surface area contributed by atoms with Crippen LogP contribution in [0.2, 0.25) is 0 Å². The van der Waals surface area contributed by atoms with Crippen molar-refractivity contribution < 1.29 is 45.3 Å². The Morgan fingerprint density at radius 2 is 1.58 bits per heavy atom. The molecule has 3 atom stereocenters. The number of hydrogen-bond donors (Lipinski definition) is 2. The molecule has 0 amide bonds. The van der Waals surface area contributed by atoms with Crippen molar-refractivity contribution >= 4 is 0 Å². The molecule has 0 aliphatic carbocycles. The van der Waals surface area contributed by atoms with Crippen molar-refractivity contribution in [2.24, 2.45) is 0 Å². The van der Waals surface area contributed by atoms with Crippen molar-refractivity contribution in [2.45, 2.75) is 37.4 Å². The molecule has 11 heteroatoms. The lowest BCUT2D eigenvalue weighted by Crippen LogP contribution is -2.58. The zero-order chi connectivity index (χ0) is 23.0. The van der Waals surface area contributed by atoms with Gasteiger partial charge in [0.25, 0.3) is 0 Å². The van der Waals surface area contributed by atoms with Gasteiger partial charge in [0.2, 0.25) is 6.29 Å². The third-order valence-electron chi connectivity index (χ3n) is 4.80. The summed E-state index contributed by atoms with van der Waals surface area (Å²) in [6, 6.07) is 5.77. The summed E-state index contributed by atoms with van der Waals surface area (Å²) in [6.45, 7) is 1.46. The van der Waals surface area contributed by atoms with Crippen molar-refractivity contribution in [3.63, 3.8) is 0 Å². The molecular weight excluding hydrogens is 435 g/mol. The minimum atomic E-state index is -5.01. The smallest absolute Gasteiger partial charge is 0.367 e. The first-order chi connectivity index (χ1) is 14.3. The average Bonchev–Trinajstić information content (AvgIpc) is 2.68. The number of ether oxygens (including phenoxy) is 2. The first kappa shape index (κ1) is 23.5. The van der Waals surface area contributed by atoms with Crippen LogP contribution in [-0.4, -0.2) is 24.5 Å². The van der Waals surface area contributed by atoms with E-state index >= 15 is 0 Å². The van der Waals surface area contributed by atoms with Gasteiger partial charge in [0.05, 0.1) is 23.8 Å². The number of halogens is 7. The fourth-order valence-electron chi connectivity index (χ4n) is 3.17. The summed E-state index contributed by atoms with van der Waals surface area (Å²) >= 11 is 0. The van der Waals surface area contributed by atoms with Crippen LogP contribution in [0.15, 0.2) is 42.5 Å². The van der Waals surface area contributed by atoms with Crippen molar-refractivity contribution in [1.82, 2.24) is 5.32 Å². The summed E-state index contributed by atoms with van der Waals surface area (Å²) in [6.07, 6.45) is -12.8. The predicted octanol–water partition coefficient (Wildman–Crippen LogP) is 4.73. The Balaban J connectivity index is 1.93. The number of aliphatic hydroxyl groups is 1. The molecule has 1 heterocycles. The highest BCUT2D eigenvalue weighted by Crippen LogP contribution is 2.39. The average molecular weight is 453 g/mol. The summed E-state index contributed by atoms with van der Waals surface area (Å²) < 4.78 is 103. The highest BCUT2D eigenvalue weighted by molar-refractivity contribution is 5.35. The highest BCUT2D eigenvalue weighted by atomic mass is 19.4. The van der Waals surface area contributed by atoms with Gasteiger partial charge >= 0.3 is 12.4 Å². The van der Waals surface area contributed by atoms with Gasteiger partial charge in [-0.25, -0.2) is 4.39 Å². The molecule has 170 valence electrons. The second-order valence-electron chi connectivity index (χ2n) is 7.02. The van der Waals surface area contributed by atoms with Crippen molar-refractivity contribution in [3.8, 4) is 0 Å². The molecule has 1 fully saturated rings. The molecule has 1 saturated heterocycles. The van der Waals surface area contributed by atoms with Gasteiger partial charge in [0.1, 0.15) is 5.82 Å². The fraction of sp³-hybridized carbons (Fsp3) is 0.400. The Labute approximate surface area is 172 Å². The molecule has 0 aromatic heterocycles. The van der Waals surface area contributed by atoms with E-state index in [2.05, 4.69) is 5.32 Å². The molecule has 0 saturated carbocycles. The van der Waals surface area contributed by atoms with E-state index < -0.39 is 53.0 Å². The lowest BCUT2D eigenvalue weighted by atomic mass is 9.99. The van der Waals surface area contributed by atoms with Crippen LogP contribution < -0.4 is 5.32 Å². The van der Waals surface area contributed by atoms with E-state index in [4.69, 9.17) is 9.47 Å². The highest BCUT2D eigenvalue weighted by Gasteiger charge is 2.44. The van der Waals surface area contributed by atoms with Crippen LogP contribution in [0, 0.1) is 5.82 Å². The summed E-state index contributed by atoms with van der Waals surface area (Å²) in [5, 5.41) is 13.7. The van der Waals surface area contributed by atoms with Crippen molar-refractivity contribution in [1.29, 1.82) is 0 Å². The van der Waals surface area contributed by atoms with E-state index in [9.17, 15) is 35.8 Å². The first-order valence-corrected chi connectivity index (χ1v) is 9.10. The van der Waals surface area contributed by atoms with E-state index in [1.54, 1.807) is 0 Å². The van der Waals surface area contributed by atoms with Gasteiger partial charge in [0, 0.05) is 12.1 Å². The van der Waals surface area contributed by atoms with Crippen LogP contribution in [0.3, 0.4) is 0 Å². The minimum absolute atomic E-state index is 0.0176. The molecule has 0 bridgehead atoms. The zero-order valence-corrected chi connectivity index (χ0v) is 16.0. The SMILES string of the molecule is CC(OC1OCCNC1(O)c1ccc(F)cc1)c1cc(C(F)(F)F)cc(C(F)(F)F)c1. The Kier molecular flexibility index (Phi) is 6.34. The number of alkyl halides is 6. The van der Waals surface area contributed by atoms with Gasteiger partial charge in [-0.05, 0) is 42.8 Å². The molecule has 2 aromatic carbocycles. The van der Waals surface area contributed by atoms with Gasteiger partial charge in [-0.15, -0.1) is 0 Å². The Morgan fingerprint density at radius 3 is 2.10 bits per heavy atom. The van der Waals surface area contributed by atoms with Crippen LogP contribution in [0.5, 0.6) is 0 Å². The lowest BCUT2D eigenvalue weighted by molar-refractivity contribution is -0.289. The molecule has 1 aliphatic heterocycles. The maximum absolute atomic E-state index is 13.2. The van der Waals surface area contributed by atoms with Crippen LogP contribution in [0.25, 0.3) is 0 Å². The van der Waals surface area contributed by atoms with Crippen LogP contribution in [-0.2, 0) is 27.6 Å². The van der Waals surface area contributed by atoms with E-state index in [0.717, 1.165) is 12.1 Å². The molecule has 4 nitrogen and oxygen atoms in total. The topological polar surface area (TPSA) is 50.7 Å². The molecule has 1 aliphatic rings. The minimum Gasteiger partial charge on any atom is -0.367 e. The van der Waals surface area contributed by atoms with E-state index in [1.165, 1.54) is 19.1 Å². The van der Waals surface area contributed by atoms with Crippen LogP contribution >= 0.6 is 0 Å². The Morgan fingerprint density at radius 1 is 1.03 bits per heavy atom. The third-order valence-corrected chi connectivity index (χ3v) is 4.80. The van der Waals surface area contributed by atoms with Crippen molar-refractivity contribution in [3.05, 3.63) is 70.5 Å². The third kappa shape index (κ3) is 5.17. The van der Waals surface area contributed by atoms with E-state index in [0.29, 0.717) is 12.1 Å². The molecule has 3 rings (SSSR count). The van der Waals surface area contributed by atoms with Gasteiger partial charge < -0.3 is 14.6 Å². The second-order valence-corrected chi connectivity index (χ2v) is 7.02. The fourth-order valence-corrected chi connectivity index (χ4v) is 3.17. The number of benzene rings is 2. The number of hydrogen-bond acceptors (Lipinski definition) is 4. The molecule has 31 heavy (non-hydrogen) atoms. The quantitative estimate of drug-likeness (QED) is 0.658. The van der Waals surface area contributed by atoms with Crippen molar-refractivity contribution in [2.75, 3.05) is 13.2 Å². The Bertz CT molecular complexity index is 882. The number of morpholine rings is 1. The standard InChI is InChI=1S/C20H18F7NO3/c1-11(12-8-14(19(22,23)24)10-15(9-12)20(25,26)27)31-17-18(29,28-6-7-30-17)13-2-4-16(21)5-3-13/h2-5,8-11,17,28-29H,6-7H2,1H3. The molecule has 0 spiro atoms. The molecule has 3 unspecified atom stereocenters. The summed E-state index contributed by atoms with van der Waals surface area (Å²) in [7, 11) is 0. The van der Waals surface area contributed by atoms with Gasteiger partial charge in [0.15, 0.2) is 5.72 Å². The molecule has 0 radical (unpaired) electrons. The summed E-state index contributed by atoms with van der Waals surface area (Å²) in [4.78, 5) is 0. The normalized spacial score (nSPS) is 23.6. The Hall–Kier alpha value is -2.21. The summed E-state index contributed by atoms with van der Waals surface area (Å²) in [5.74, 6) is -0.571. The number of nitrogens with one attached hydrogen (secondary N) is 1. The van der Waals surface area contributed by atoms with E-state index in [-0.39, 0.29) is 24.8 Å². The molecule has 2 N–H and O–H groups in total. The van der Waals surface area contributed by atoms with Crippen LogP contribution in [0.1, 0.15) is 35.3 Å².